The van der Waals surface area contributed by atoms with Gasteiger partial charge in [-0.2, -0.15) is 15.3 Å². The van der Waals surface area contributed by atoms with Gasteiger partial charge in [-0.05, 0) is 328 Å². The van der Waals surface area contributed by atoms with Crippen LogP contribution in [0.3, 0.4) is 0 Å². The van der Waals surface area contributed by atoms with E-state index >= 15 is 0 Å². The number of halogens is 1. The van der Waals surface area contributed by atoms with Crippen LogP contribution in [0.15, 0.2) is 133 Å². The molecule has 4 atom stereocenters. The van der Waals surface area contributed by atoms with Gasteiger partial charge in [0.1, 0.15) is 11.6 Å². The van der Waals surface area contributed by atoms with Gasteiger partial charge in [0.2, 0.25) is 35.4 Å². The molecule has 3 aromatic heterocycles. The summed E-state index contributed by atoms with van der Waals surface area (Å²) >= 11 is 0. The summed E-state index contributed by atoms with van der Waals surface area (Å²) in [6.07, 6.45) is 32.2. The van der Waals surface area contributed by atoms with Crippen molar-refractivity contribution in [3.63, 3.8) is 0 Å². The van der Waals surface area contributed by atoms with E-state index in [1.54, 1.807) is 6.07 Å². The van der Waals surface area contributed by atoms with Crippen molar-refractivity contribution in [3.05, 3.63) is 205 Å². The summed E-state index contributed by atoms with van der Waals surface area (Å²) in [5.41, 5.74) is 17.3. The summed E-state index contributed by atoms with van der Waals surface area (Å²) in [7, 11) is 2.19. The Kier molecular flexibility index (Phi) is 31.1. The fourth-order valence-corrected chi connectivity index (χ4v) is 25.7. The number of hydrogen-bond donors (Lipinski definition) is 3. The number of piperazine rings is 1. The summed E-state index contributed by atoms with van der Waals surface area (Å²) in [4.78, 5) is 145. The number of piperidine rings is 8. The first-order chi connectivity index (χ1) is 68.1. The molecule has 0 spiro atoms. The van der Waals surface area contributed by atoms with Gasteiger partial charge < -0.3 is 44.1 Å². The second-order valence-corrected chi connectivity index (χ2v) is 42.9. The summed E-state index contributed by atoms with van der Waals surface area (Å²) in [6.45, 7) is 23.0. The zero-order valence-corrected chi connectivity index (χ0v) is 82.8. The fourth-order valence-electron chi connectivity index (χ4n) is 25.7. The first-order valence-electron chi connectivity index (χ1n) is 52.9. The van der Waals surface area contributed by atoms with Gasteiger partial charge in [-0.15, -0.1) is 0 Å². The number of Topliss-reactive ketones (excluding diaryl/α,β-unsaturated/α-hetero) is 3. The van der Waals surface area contributed by atoms with Crippen LogP contribution in [-0.4, -0.2) is 288 Å². The Hall–Kier alpha value is -11.2. The Bertz CT molecular complexity index is 6040. The van der Waals surface area contributed by atoms with E-state index < -0.39 is 17.8 Å². The third-order valence-electron chi connectivity index (χ3n) is 33.9. The van der Waals surface area contributed by atoms with E-state index in [9.17, 15) is 47.5 Å². The van der Waals surface area contributed by atoms with E-state index in [0.717, 1.165) is 222 Å². The minimum Gasteiger partial charge on any atom is -0.343 e. The molecule has 3 aliphatic carbocycles. The number of hydrogen-bond acceptors (Lipinski definition) is 16. The summed E-state index contributed by atoms with van der Waals surface area (Å²) in [5.74, 6) is -0.175. The van der Waals surface area contributed by atoms with Crippen molar-refractivity contribution < 1.29 is 47.5 Å². The maximum Gasteiger partial charge on any atom is 0.226 e. The van der Waals surface area contributed by atoms with Crippen molar-refractivity contribution in [1.82, 2.24) is 79.6 Å². The lowest BCUT2D eigenvalue weighted by Crippen LogP contribution is -2.55. The van der Waals surface area contributed by atoms with Crippen LogP contribution in [-0.2, 0) is 88.1 Å². The van der Waals surface area contributed by atoms with Crippen LogP contribution < -0.4 is 0 Å². The number of aryl methyl sites for hydroxylation is 3. The van der Waals surface area contributed by atoms with Crippen molar-refractivity contribution in [3.8, 4) is 0 Å². The molecule has 12 aliphatic rings. The molecule has 9 saturated heterocycles. The van der Waals surface area contributed by atoms with Crippen LogP contribution in [0.2, 0.25) is 0 Å². The Morgan fingerprint density at radius 1 is 0.379 bits per heavy atom. The van der Waals surface area contributed by atoms with Gasteiger partial charge in [-0.25, -0.2) is 4.39 Å². The maximum atomic E-state index is 14.3. The van der Waals surface area contributed by atoms with Crippen molar-refractivity contribution in [2.75, 3.05) is 138 Å². The maximum absolute atomic E-state index is 14.3. The van der Waals surface area contributed by atoms with Crippen molar-refractivity contribution >= 4 is 97.7 Å². The largest absolute Gasteiger partial charge is 0.343 e. The standard InChI is InChI=1S/C38H48FN5O3.C38H48N6O3.C38H47N5O3/c1-25-18-26(20-30-24-40-41-37(25)30)19-29(38(47)44-16-10-31(11-17-44)42-12-3-2-4-13-42)22-36(46)43-14-8-27(9-15-43)33-21-28-6-5-7-34(39)32(28)23-35(33)45;1-26-19-27(21-32-25-39-40-37(26)32)20-31(38(47)44-17-15-42(16-18-44)33-9-11-41(2)12-10-33)24-36(46)43-13-7-28(8-14-43)34-22-29-5-3-4-6-30(29)23-35(34)45;1-26-19-27(21-32-25-39-40-37(26)32)20-31(38(46)43-17-11-33(12-18-43)41-13-5-2-6-14-41)24-36(45)42-15-9-28(10-16-42)34-22-29-7-3-4-8-30(29)23-35(34)44/h5-7,18,20,24,27,29,31,33H,2-4,8-17,19,21-23H2,1H3,(H,40,41);3-6,19,21-22,25,28,31,33H,7-18,20,23-24H2,1-2H3,(H,39,40);3-4,7-8,19,21-22,25,28,31,33H,2,5-6,9-18,20,23-24H2,1H3,(H,39,40)/t29-,33?;2*31-/m000/s1. The summed E-state index contributed by atoms with van der Waals surface area (Å²) in [6, 6.07) is 35.7. The molecule has 9 fully saturated rings. The number of rotatable bonds is 21. The number of aromatic nitrogens is 6. The molecule has 740 valence electrons. The number of nitrogens with one attached hydrogen (secondary N) is 3. The Labute approximate surface area is 823 Å². The van der Waals surface area contributed by atoms with Crippen molar-refractivity contribution in [2.45, 2.75) is 219 Å². The zero-order valence-electron chi connectivity index (χ0n) is 82.8. The molecule has 0 radical (unpaired) electrons. The molecule has 12 heterocycles. The highest BCUT2D eigenvalue weighted by molar-refractivity contribution is 6.05. The Balaban J connectivity index is 0.000000134. The molecular weight excluding hydrogens is 1760 g/mol. The Morgan fingerprint density at radius 3 is 1.13 bits per heavy atom. The van der Waals surface area contributed by atoms with Gasteiger partial charge in [-0.1, -0.05) is 91.7 Å². The van der Waals surface area contributed by atoms with Gasteiger partial charge in [0.25, 0.3) is 0 Å². The lowest BCUT2D eigenvalue weighted by atomic mass is 9.73. The number of carbonyl (C=O) groups excluding carboxylic acids is 9. The van der Waals surface area contributed by atoms with Crippen LogP contribution in [0, 0.1) is 68.0 Å². The van der Waals surface area contributed by atoms with Gasteiger partial charge in [0.15, 0.2) is 11.6 Å². The topological polar surface area (TPSA) is 272 Å². The number of H-pyrrole nitrogens is 3. The van der Waals surface area contributed by atoms with E-state index in [2.05, 4.69) is 132 Å². The average Bonchev–Trinajstić information content (AvgIpc) is 1.82. The first-order valence-corrected chi connectivity index (χ1v) is 52.9. The monoisotopic (exact) mass is 1900 g/mol. The number of ketones is 3. The number of nitrogens with zero attached hydrogens (tertiary/aromatic N) is 13. The third-order valence-corrected chi connectivity index (χ3v) is 33.9. The fraction of sp³-hybridized carbons (Fsp3) is 0.544. The highest BCUT2D eigenvalue weighted by Gasteiger charge is 2.43. The minimum absolute atomic E-state index is 0.0218. The van der Waals surface area contributed by atoms with Crippen molar-refractivity contribution in [1.29, 1.82) is 0 Å². The van der Waals surface area contributed by atoms with E-state index in [0.29, 0.717) is 115 Å². The first kappa shape index (κ1) is 97.6. The quantitative estimate of drug-likeness (QED) is 0.0603. The lowest BCUT2D eigenvalue weighted by molar-refractivity contribution is -0.143. The summed E-state index contributed by atoms with van der Waals surface area (Å²) < 4.78 is 14.3. The molecule has 9 aliphatic heterocycles. The second-order valence-electron chi connectivity index (χ2n) is 42.9. The van der Waals surface area contributed by atoms with Crippen LogP contribution in [0.25, 0.3) is 44.9 Å². The van der Waals surface area contributed by atoms with Crippen LogP contribution >= 0.6 is 0 Å². The predicted molar refractivity (Wildman–Crippen MR) is 543 cm³/mol. The van der Waals surface area contributed by atoms with Crippen LogP contribution in [0.1, 0.15) is 202 Å². The molecule has 21 rings (SSSR count). The van der Waals surface area contributed by atoms with Crippen molar-refractivity contribution in [2.24, 2.45) is 41.4 Å². The number of aromatic amines is 3. The van der Waals surface area contributed by atoms with E-state index in [1.165, 1.54) is 83.6 Å². The molecule has 140 heavy (non-hydrogen) atoms. The number of carbonyl (C=O) groups is 9. The average molecular weight is 1900 g/mol. The molecule has 9 aromatic rings. The molecule has 0 bridgehead atoms. The SMILES string of the molecule is Cc1cc(C[C@@H](CC(=O)N2CCC(C3=Cc4ccccc4CC3=O)CC2)C(=O)N2CCC(N3CCCCC3)CC2)cc2cn[nH]c12.Cc1cc(C[C@@H](CC(=O)N2CCC(C3=Cc4ccccc4CC3=O)CC2)C(=O)N2CCN(C3CCN(C)CC3)CC2)cc2cn[nH]c12.Cc1cc(C[C@@H](CC(=O)N2CCC(C3Cc4cccc(F)c4CC3=O)CC2)C(=O)N2CCC(N3CCCCC3)CC2)cc2cn[nH]c12. The number of fused-ring (bicyclic) bond motifs is 6. The highest BCUT2D eigenvalue weighted by Crippen LogP contribution is 2.40. The normalized spacial score (nSPS) is 21.5. The predicted octanol–water partition coefficient (Wildman–Crippen LogP) is 14.7. The molecule has 6 aromatic carbocycles. The van der Waals surface area contributed by atoms with E-state index in [4.69, 9.17) is 0 Å². The van der Waals surface area contributed by atoms with Gasteiger partial charge in [-0.3, -0.25) is 63.3 Å². The number of likely N-dealkylation sites (tertiary alicyclic amines) is 8. The molecule has 3 N–H and O–H groups in total. The Morgan fingerprint density at radius 2 is 0.729 bits per heavy atom. The molecule has 26 heteroatoms. The zero-order chi connectivity index (χ0) is 96.6. The number of allylic oxidation sites excluding steroid dienone is 2. The number of amides is 6. The molecule has 1 unspecified atom stereocenters. The molecule has 6 amide bonds. The molecular formula is C114H143FN16O9. The lowest BCUT2D eigenvalue weighted by Gasteiger charge is -2.43. The second kappa shape index (κ2) is 44.5. The third kappa shape index (κ3) is 22.8. The van der Waals surface area contributed by atoms with Gasteiger partial charge in [0.05, 0.1) is 52.9 Å². The van der Waals surface area contributed by atoms with Gasteiger partial charge >= 0.3 is 0 Å². The number of benzene rings is 6. The van der Waals surface area contributed by atoms with E-state index in [1.807, 2.05) is 97.4 Å². The smallest absolute Gasteiger partial charge is 0.226 e. The van der Waals surface area contributed by atoms with E-state index in [-0.39, 0.29) is 108 Å². The molecule has 0 saturated carbocycles. The van der Waals surface area contributed by atoms with Crippen LogP contribution in [0.5, 0.6) is 0 Å². The summed E-state index contributed by atoms with van der Waals surface area (Å²) in [5, 5.41) is 24.9. The minimum atomic E-state index is -0.429. The van der Waals surface area contributed by atoms with Crippen LogP contribution in [0.4, 0.5) is 4.39 Å². The molecule has 25 nitrogen and oxygen atoms in total. The highest BCUT2D eigenvalue weighted by atomic mass is 19.1. The van der Waals surface area contributed by atoms with Gasteiger partial charge in [0, 0.05) is 170 Å².